The second-order valence-electron chi connectivity index (χ2n) is 3.48. The van der Waals surface area contributed by atoms with Gasteiger partial charge >= 0.3 is 0 Å². The molecule has 0 fully saturated rings. The van der Waals surface area contributed by atoms with E-state index >= 15 is 0 Å². The van der Waals surface area contributed by atoms with Gasteiger partial charge in [0, 0.05) is 29.2 Å². The Bertz CT molecular complexity index is 518. The van der Waals surface area contributed by atoms with Crippen LogP contribution in [0, 0.1) is 6.92 Å². The molecular weight excluding hydrogens is 282 g/mol. The first-order valence-corrected chi connectivity index (χ1v) is 8.33. The van der Waals surface area contributed by atoms with E-state index in [0.29, 0.717) is 24.2 Å². The molecule has 0 unspecified atom stereocenters. The van der Waals surface area contributed by atoms with Crippen LogP contribution in [0.3, 0.4) is 0 Å². The van der Waals surface area contributed by atoms with Gasteiger partial charge in [-0.3, -0.25) is 4.79 Å². The molecule has 1 heterocycles. The molecule has 7 heteroatoms. The van der Waals surface area contributed by atoms with Crippen molar-refractivity contribution in [2.24, 2.45) is 0 Å². The monoisotopic (exact) mass is 295 g/mol. The van der Waals surface area contributed by atoms with Gasteiger partial charge in [0.15, 0.2) is 0 Å². The van der Waals surface area contributed by atoms with Gasteiger partial charge in [0.2, 0.25) is 0 Å². The lowest BCUT2D eigenvalue weighted by Crippen LogP contribution is -2.30. The number of carbonyl (C=O) groups is 1. The van der Waals surface area contributed by atoms with Crippen molar-refractivity contribution in [3.05, 3.63) is 16.5 Å². The predicted octanol–water partition coefficient (Wildman–Crippen LogP) is 2.47. The fourth-order valence-electron chi connectivity index (χ4n) is 1.53. The second kappa shape index (κ2) is 5.37. The molecule has 96 valence electrons. The van der Waals surface area contributed by atoms with Crippen LogP contribution in [0.5, 0.6) is 0 Å². The molecule has 0 aliphatic heterocycles. The van der Waals surface area contributed by atoms with Crippen LogP contribution < -0.4 is 0 Å². The maximum Gasteiger partial charge on any atom is 0.271 e. The largest absolute Gasteiger partial charge is 0.339 e. The van der Waals surface area contributed by atoms with Crippen molar-refractivity contribution in [1.29, 1.82) is 0 Å². The summed E-state index contributed by atoms with van der Waals surface area (Å²) in [6.07, 6.45) is 0. The van der Waals surface area contributed by atoms with E-state index in [9.17, 15) is 13.2 Å². The van der Waals surface area contributed by atoms with E-state index in [4.69, 9.17) is 10.7 Å². The summed E-state index contributed by atoms with van der Waals surface area (Å²) in [5.74, 6) is -0.157. The first kappa shape index (κ1) is 14.5. The highest BCUT2D eigenvalue weighted by molar-refractivity contribution is 8.15. The average molecular weight is 296 g/mol. The maximum atomic E-state index is 12.1. The van der Waals surface area contributed by atoms with Gasteiger partial charge in [0.25, 0.3) is 15.0 Å². The van der Waals surface area contributed by atoms with E-state index < -0.39 is 9.05 Å². The Morgan fingerprint density at radius 1 is 1.41 bits per heavy atom. The topological polar surface area (TPSA) is 54.5 Å². The van der Waals surface area contributed by atoms with Gasteiger partial charge < -0.3 is 4.90 Å². The summed E-state index contributed by atoms with van der Waals surface area (Å²) < 4.78 is 22.5. The number of thiophene rings is 1. The molecule has 0 atom stereocenters. The van der Waals surface area contributed by atoms with E-state index in [1.54, 1.807) is 17.2 Å². The average Bonchev–Trinajstić information content (AvgIpc) is 2.61. The van der Waals surface area contributed by atoms with Gasteiger partial charge in [0.05, 0.1) is 5.56 Å². The summed E-state index contributed by atoms with van der Waals surface area (Å²) in [6.45, 7) is 6.54. The lowest BCUT2D eigenvalue weighted by molar-refractivity contribution is 0.0772. The molecule has 4 nitrogen and oxygen atoms in total. The minimum atomic E-state index is -3.77. The van der Waals surface area contributed by atoms with Crippen molar-refractivity contribution in [1.82, 2.24) is 4.90 Å². The molecular formula is C10H14ClNO3S2. The van der Waals surface area contributed by atoms with Gasteiger partial charge in [-0.1, -0.05) is 0 Å². The summed E-state index contributed by atoms with van der Waals surface area (Å²) in [6, 6.07) is 0. The number of hydrogen-bond donors (Lipinski definition) is 0. The first-order chi connectivity index (χ1) is 7.82. The molecule has 1 amide bonds. The fraction of sp³-hybridized carbons (Fsp3) is 0.500. The minimum Gasteiger partial charge on any atom is -0.339 e. The molecule has 17 heavy (non-hydrogen) atoms. The van der Waals surface area contributed by atoms with Crippen LogP contribution in [-0.4, -0.2) is 32.3 Å². The number of nitrogens with zero attached hydrogens (tertiary/aromatic N) is 1. The molecule has 0 aliphatic carbocycles. The first-order valence-electron chi connectivity index (χ1n) is 5.14. The summed E-state index contributed by atoms with van der Waals surface area (Å²) in [4.78, 5) is 13.7. The second-order valence-corrected chi connectivity index (χ2v) is 7.12. The smallest absolute Gasteiger partial charge is 0.271 e. The zero-order chi connectivity index (χ0) is 13.2. The van der Waals surface area contributed by atoms with Crippen LogP contribution in [0.25, 0.3) is 0 Å². The van der Waals surface area contributed by atoms with Crippen molar-refractivity contribution in [3.8, 4) is 0 Å². The van der Waals surface area contributed by atoms with Crippen LogP contribution in [0.2, 0.25) is 0 Å². The summed E-state index contributed by atoms with van der Waals surface area (Å²) in [5, 5.41) is 1.55. The lowest BCUT2D eigenvalue weighted by atomic mass is 10.2. The van der Waals surface area contributed by atoms with E-state index in [1.807, 2.05) is 13.8 Å². The van der Waals surface area contributed by atoms with Crippen molar-refractivity contribution in [2.45, 2.75) is 25.0 Å². The van der Waals surface area contributed by atoms with E-state index in [2.05, 4.69) is 0 Å². The highest BCUT2D eigenvalue weighted by Crippen LogP contribution is 2.29. The normalized spacial score (nSPS) is 11.5. The Balaban J connectivity index is 3.18. The fourth-order valence-corrected chi connectivity index (χ4v) is 4.07. The zero-order valence-electron chi connectivity index (χ0n) is 9.86. The van der Waals surface area contributed by atoms with Crippen molar-refractivity contribution in [2.75, 3.05) is 13.1 Å². The van der Waals surface area contributed by atoms with Crippen LogP contribution in [-0.2, 0) is 9.05 Å². The van der Waals surface area contributed by atoms with E-state index in [0.717, 1.165) is 11.3 Å². The number of amides is 1. The Morgan fingerprint density at radius 2 is 1.94 bits per heavy atom. The molecule has 0 radical (unpaired) electrons. The third kappa shape index (κ3) is 3.00. The van der Waals surface area contributed by atoms with Gasteiger partial charge in [0.1, 0.15) is 4.21 Å². The van der Waals surface area contributed by atoms with Crippen LogP contribution in [0.15, 0.2) is 9.59 Å². The highest BCUT2D eigenvalue weighted by Gasteiger charge is 2.23. The molecule has 0 saturated carbocycles. The van der Waals surface area contributed by atoms with Crippen LogP contribution in [0.1, 0.15) is 29.8 Å². The van der Waals surface area contributed by atoms with Crippen molar-refractivity contribution in [3.63, 3.8) is 0 Å². The molecule has 0 bridgehead atoms. The number of carbonyl (C=O) groups excluding carboxylic acids is 1. The predicted molar refractivity (Wildman–Crippen MR) is 69.3 cm³/mol. The van der Waals surface area contributed by atoms with Crippen LogP contribution in [0.4, 0.5) is 0 Å². The Kier molecular flexibility index (Phi) is 4.57. The summed E-state index contributed by atoms with van der Waals surface area (Å²) in [7, 11) is 1.52. The number of rotatable bonds is 4. The Hall–Kier alpha value is -0.590. The summed E-state index contributed by atoms with van der Waals surface area (Å²) >= 11 is 0.982. The molecule has 0 aliphatic rings. The third-order valence-corrected chi connectivity index (χ3v) is 5.80. The minimum absolute atomic E-state index is 0.0506. The maximum absolute atomic E-state index is 12.1. The Morgan fingerprint density at radius 3 is 2.29 bits per heavy atom. The van der Waals surface area contributed by atoms with Gasteiger partial charge in [-0.2, -0.15) is 0 Å². The van der Waals surface area contributed by atoms with Gasteiger partial charge in [-0.25, -0.2) is 8.42 Å². The molecule has 0 N–H and O–H groups in total. The van der Waals surface area contributed by atoms with Crippen molar-refractivity contribution >= 4 is 37.0 Å². The summed E-state index contributed by atoms with van der Waals surface area (Å²) in [5.41, 5.74) is 0.847. The highest BCUT2D eigenvalue weighted by atomic mass is 35.7. The number of halogens is 1. The molecule has 0 aromatic carbocycles. The lowest BCUT2D eigenvalue weighted by Gasteiger charge is -2.18. The van der Waals surface area contributed by atoms with Crippen molar-refractivity contribution < 1.29 is 13.2 Å². The molecule has 1 aromatic rings. The Labute approximate surface area is 110 Å². The van der Waals surface area contributed by atoms with Crippen LogP contribution >= 0.6 is 22.0 Å². The third-order valence-electron chi connectivity index (χ3n) is 2.50. The number of hydrogen-bond acceptors (Lipinski definition) is 4. The SMILES string of the molecule is CCN(CC)C(=O)c1csc(S(=O)(=O)Cl)c1C. The standard InChI is InChI=1S/C10H14ClNO3S2/c1-4-12(5-2)9(13)8-6-16-10(7(8)3)17(11,14)15/h6H,4-5H2,1-3H3. The van der Waals surface area contributed by atoms with Gasteiger partial charge in [-0.05, 0) is 26.3 Å². The zero-order valence-corrected chi connectivity index (χ0v) is 12.2. The molecule has 1 rings (SSSR count). The molecule has 0 spiro atoms. The molecule has 0 saturated heterocycles. The van der Waals surface area contributed by atoms with E-state index in [1.165, 1.54) is 0 Å². The van der Waals surface area contributed by atoms with E-state index in [-0.39, 0.29) is 10.1 Å². The van der Waals surface area contributed by atoms with Gasteiger partial charge in [-0.15, -0.1) is 11.3 Å². The molecule has 1 aromatic heterocycles. The quantitative estimate of drug-likeness (QED) is 0.802.